The van der Waals surface area contributed by atoms with Crippen molar-refractivity contribution in [3.05, 3.63) is 0 Å². The average molecular weight is 203 g/mol. The van der Waals surface area contributed by atoms with Crippen LogP contribution in [0.15, 0.2) is 0 Å². The van der Waals surface area contributed by atoms with Crippen LogP contribution in [0.3, 0.4) is 0 Å². The predicted molar refractivity (Wildman–Crippen MR) is 51.8 cm³/mol. The number of likely N-dealkylation sites (tertiary alicyclic amines) is 1. The van der Waals surface area contributed by atoms with Gasteiger partial charge in [-0.3, -0.25) is 4.79 Å². The third kappa shape index (κ3) is 3.25. The van der Waals surface area contributed by atoms with Crippen molar-refractivity contribution < 1.29 is 13.9 Å². The molecular weight excluding hydrogens is 185 g/mol. The van der Waals surface area contributed by atoms with Gasteiger partial charge in [0, 0.05) is 25.4 Å². The van der Waals surface area contributed by atoms with Crippen LogP contribution < -0.4 is 0 Å². The quantitative estimate of drug-likeness (QED) is 0.646. The van der Waals surface area contributed by atoms with E-state index >= 15 is 0 Å². The fraction of sp³-hybridized carbons (Fsp3) is 0.900. The Morgan fingerprint density at radius 1 is 1.64 bits per heavy atom. The summed E-state index contributed by atoms with van der Waals surface area (Å²) in [6.07, 6.45) is 0.756. The first-order chi connectivity index (χ1) is 6.63. The zero-order valence-electron chi connectivity index (χ0n) is 8.83. The topological polar surface area (TPSA) is 29.5 Å². The van der Waals surface area contributed by atoms with Gasteiger partial charge in [0.25, 0.3) is 0 Å². The molecule has 0 aromatic carbocycles. The van der Waals surface area contributed by atoms with E-state index in [4.69, 9.17) is 0 Å². The fourth-order valence-electron chi connectivity index (χ4n) is 1.86. The third-order valence-corrected chi connectivity index (χ3v) is 2.79. The Morgan fingerprint density at radius 3 is 3.00 bits per heavy atom. The second-order valence-corrected chi connectivity index (χ2v) is 3.94. The molecule has 0 unspecified atom stereocenters. The number of hydrogen-bond donors (Lipinski definition) is 0. The summed E-state index contributed by atoms with van der Waals surface area (Å²) in [7, 11) is 3.35. The van der Waals surface area contributed by atoms with E-state index in [1.54, 1.807) is 0 Å². The zero-order valence-corrected chi connectivity index (χ0v) is 8.83. The molecule has 3 nitrogen and oxygen atoms in total. The van der Waals surface area contributed by atoms with Crippen molar-refractivity contribution in [3.8, 4) is 0 Å². The highest BCUT2D eigenvalue weighted by atomic mass is 19.1. The molecule has 1 aliphatic heterocycles. The van der Waals surface area contributed by atoms with Crippen LogP contribution in [-0.4, -0.2) is 44.3 Å². The average Bonchev–Trinajstić information content (AvgIpc) is 2.19. The molecular formula is C10H18FNO2. The molecule has 2 atom stereocenters. The van der Waals surface area contributed by atoms with Gasteiger partial charge in [-0.1, -0.05) is 0 Å². The van der Waals surface area contributed by atoms with Crippen LogP contribution in [0.1, 0.15) is 19.3 Å². The first-order valence-electron chi connectivity index (χ1n) is 5.03. The Kier molecular flexibility index (Phi) is 4.32. The third-order valence-electron chi connectivity index (χ3n) is 2.79. The number of halogens is 1. The number of nitrogens with zero attached hydrogens (tertiary/aromatic N) is 1. The van der Waals surface area contributed by atoms with Crippen LogP contribution in [0.2, 0.25) is 0 Å². The normalized spacial score (nSPS) is 28.8. The van der Waals surface area contributed by atoms with Gasteiger partial charge in [0.2, 0.25) is 0 Å². The summed E-state index contributed by atoms with van der Waals surface area (Å²) in [4.78, 5) is 13.0. The predicted octanol–water partition coefficient (Wildman–Crippen LogP) is 1.23. The molecule has 0 aromatic rings. The number of carbonyl (C=O) groups excluding carboxylic acids is 1. The lowest BCUT2D eigenvalue weighted by molar-refractivity contribution is -0.141. The van der Waals surface area contributed by atoms with E-state index in [1.807, 2.05) is 7.05 Å². The molecule has 1 aliphatic rings. The van der Waals surface area contributed by atoms with Crippen molar-refractivity contribution in [3.63, 3.8) is 0 Å². The second-order valence-electron chi connectivity index (χ2n) is 3.94. The first-order valence-corrected chi connectivity index (χ1v) is 5.03. The van der Waals surface area contributed by atoms with E-state index in [9.17, 15) is 9.18 Å². The van der Waals surface area contributed by atoms with Crippen molar-refractivity contribution in [1.29, 1.82) is 0 Å². The highest BCUT2D eigenvalue weighted by molar-refractivity contribution is 5.69. The van der Waals surface area contributed by atoms with Gasteiger partial charge in [-0.25, -0.2) is 4.39 Å². The molecule has 0 N–H and O–H groups in total. The van der Waals surface area contributed by atoms with Crippen LogP contribution in [0.25, 0.3) is 0 Å². The molecule has 1 rings (SSSR count). The maximum absolute atomic E-state index is 13.4. The van der Waals surface area contributed by atoms with E-state index < -0.39 is 6.17 Å². The molecule has 0 aliphatic carbocycles. The van der Waals surface area contributed by atoms with Crippen molar-refractivity contribution in [2.75, 3.05) is 27.2 Å². The molecule has 0 aromatic heterocycles. The number of carbonyl (C=O) groups is 1. The second kappa shape index (κ2) is 5.29. The van der Waals surface area contributed by atoms with Gasteiger partial charge >= 0.3 is 5.97 Å². The lowest BCUT2D eigenvalue weighted by Gasteiger charge is -2.32. The molecule has 14 heavy (non-hydrogen) atoms. The fourth-order valence-corrected chi connectivity index (χ4v) is 1.86. The highest BCUT2D eigenvalue weighted by Crippen LogP contribution is 2.23. The Labute approximate surface area is 84.2 Å². The van der Waals surface area contributed by atoms with Gasteiger partial charge in [0.05, 0.1) is 7.11 Å². The minimum atomic E-state index is -0.754. The van der Waals surface area contributed by atoms with Crippen LogP contribution in [-0.2, 0) is 9.53 Å². The van der Waals surface area contributed by atoms with E-state index in [-0.39, 0.29) is 11.9 Å². The van der Waals surface area contributed by atoms with Gasteiger partial charge < -0.3 is 9.64 Å². The standard InChI is InChI=1S/C10H18FNO2/c1-12-6-5-9(11)8(7-12)3-4-10(13)14-2/h8-9H,3-7H2,1-2H3/t8-,9+/m0/s1. The molecule has 0 radical (unpaired) electrons. The number of hydrogen-bond acceptors (Lipinski definition) is 3. The van der Waals surface area contributed by atoms with Crippen LogP contribution in [0, 0.1) is 5.92 Å². The highest BCUT2D eigenvalue weighted by Gasteiger charge is 2.27. The van der Waals surface area contributed by atoms with E-state index in [0.29, 0.717) is 19.3 Å². The lowest BCUT2D eigenvalue weighted by Crippen LogP contribution is -2.39. The van der Waals surface area contributed by atoms with E-state index in [2.05, 4.69) is 9.64 Å². The Balaban J connectivity index is 2.30. The summed E-state index contributed by atoms with van der Waals surface area (Å²) >= 11 is 0. The Hall–Kier alpha value is -0.640. The van der Waals surface area contributed by atoms with E-state index in [0.717, 1.165) is 13.1 Å². The molecule has 0 saturated carbocycles. The van der Waals surface area contributed by atoms with Gasteiger partial charge in [-0.15, -0.1) is 0 Å². The smallest absolute Gasteiger partial charge is 0.305 e. The molecule has 82 valence electrons. The van der Waals surface area contributed by atoms with Gasteiger partial charge in [-0.05, 0) is 19.9 Å². The van der Waals surface area contributed by atoms with Crippen molar-refractivity contribution in [2.24, 2.45) is 5.92 Å². The monoisotopic (exact) mass is 203 g/mol. The maximum Gasteiger partial charge on any atom is 0.305 e. The van der Waals surface area contributed by atoms with Crippen molar-refractivity contribution >= 4 is 5.97 Å². The van der Waals surface area contributed by atoms with E-state index in [1.165, 1.54) is 7.11 Å². The molecule has 0 spiro atoms. The Bertz CT molecular complexity index is 199. The van der Waals surface area contributed by atoms with Gasteiger partial charge in [0.1, 0.15) is 6.17 Å². The number of rotatable bonds is 3. The maximum atomic E-state index is 13.4. The summed E-state index contributed by atoms with van der Waals surface area (Å²) in [5.41, 5.74) is 0. The molecule has 4 heteroatoms. The van der Waals surface area contributed by atoms with Gasteiger partial charge in [0.15, 0.2) is 0 Å². The minimum absolute atomic E-state index is 0.00662. The van der Waals surface area contributed by atoms with Crippen molar-refractivity contribution in [1.82, 2.24) is 4.90 Å². The Morgan fingerprint density at radius 2 is 2.36 bits per heavy atom. The van der Waals surface area contributed by atoms with Crippen LogP contribution >= 0.6 is 0 Å². The summed E-state index contributed by atoms with van der Waals surface area (Å²) in [6.45, 7) is 1.56. The van der Waals surface area contributed by atoms with Gasteiger partial charge in [-0.2, -0.15) is 0 Å². The summed E-state index contributed by atoms with van der Waals surface area (Å²) < 4.78 is 17.9. The molecule has 1 heterocycles. The van der Waals surface area contributed by atoms with Crippen LogP contribution in [0.4, 0.5) is 4.39 Å². The summed E-state index contributed by atoms with van der Waals surface area (Å²) in [5.74, 6) is -0.252. The molecule has 1 fully saturated rings. The minimum Gasteiger partial charge on any atom is -0.469 e. The number of esters is 1. The van der Waals surface area contributed by atoms with Crippen LogP contribution in [0.5, 0.6) is 0 Å². The number of piperidine rings is 1. The van der Waals surface area contributed by atoms with Crippen molar-refractivity contribution in [2.45, 2.75) is 25.4 Å². The zero-order chi connectivity index (χ0) is 10.6. The molecule has 0 bridgehead atoms. The number of alkyl halides is 1. The number of ether oxygens (including phenoxy) is 1. The largest absolute Gasteiger partial charge is 0.469 e. The summed E-state index contributed by atoms with van der Waals surface area (Å²) in [6, 6.07) is 0. The first kappa shape index (κ1) is 11.4. The lowest BCUT2D eigenvalue weighted by atomic mass is 9.92. The number of methoxy groups -OCH3 is 1. The molecule has 0 amide bonds. The molecule has 1 saturated heterocycles. The SMILES string of the molecule is COC(=O)CC[C@H]1CN(C)CC[C@H]1F. The summed E-state index contributed by atoms with van der Waals surface area (Å²) in [5, 5.41) is 0.